The van der Waals surface area contributed by atoms with Gasteiger partial charge in [0.05, 0.1) is 9.82 Å². The normalized spacial score (nSPS) is 16.9. The van der Waals surface area contributed by atoms with Crippen molar-refractivity contribution in [2.75, 3.05) is 26.2 Å². The van der Waals surface area contributed by atoms with E-state index in [0.717, 1.165) is 15.9 Å². The van der Waals surface area contributed by atoms with Crippen molar-refractivity contribution < 1.29 is 21.8 Å². The van der Waals surface area contributed by atoms with Crippen LogP contribution in [-0.4, -0.2) is 56.5 Å². The minimum absolute atomic E-state index is 0.0385. The highest BCUT2D eigenvalue weighted by Crippen LogP contribution is 2.28. The Labute approximate surface area is 182 Å². The number of nitrogens with zero attached hydrogens (tertiary/aromatic N) is 3. The van der Waals surface area contributed by atoms with Gasteiger partial charge in [-0.25, -0.2) is 16.8 Å². The van der Waals surface area contributed by atoms with Crippen LogP contribution in [0.5, 0.6) is 0 Å². The fraction of sp³-hybridized carbons (Fsp3) is 0.400. The fourth-order valence-electron chi connectivity index (χ4n) is 3.39. The number of hydrogen-bond donors (Lipinski definition) is 0. The third kappa shape index (κ3) is 4.64. The second-order valence-electron chi connectivity index (χ2n) is 8.31. The van der Waals surface area contributed by atoms with Gasteiger partial charge < -0.3 is 0 Å². The summed E-state index contributed by atoms with van der Waals surface area (Å²) in [5, 5.41) is 11.2. The fourth-order valence-corrected chi connectivity index (χ4v) is 6.39. The second kappa shape index (κ2) is 8.30. The number of benzene rings is 2. The van der Waals surface area contributed by atoms with E-state index in [1.54, 1.807) is 24.3 Å². The van der Waals surface area contributed by atoms with Gasteiger partial charge in [0.2, 0.25) is 20.0 Å². The molecular weight excluding hydrogens is 442 g/mol. The molecule has 0 aromatic heterocycles. The number of piperazine rings is 1. The lowest BCUT2D eigenvalue weighted by Crippen LogP contribution is -2.50. The standard InChI is InChI=1S/C20H25N3O6S2/c1-20(2,3)16-8-10-17(11-9-16)30(26,27)21-12-14-22(15-13-21)31(28,29)19-7-5-4-6-18(19)23(24)25/h4-11H,12-15H2,1-3H3. The summed E-state index contributed by atoms with van der Waals surface area (Å²) in [5.41, 5.74) is 0.394. The van der Waals surface area contributed by atoms with Crippen molar-refractivity contribution in [3.05, 3.63) is 64.2 Å². The predicted octanol–water partition coefficient (Wildman–Crippen LogP) is 2.59. The van der Waals surface area contributed by atoms with Crippen LogP contribution in [0, 0.1) is 10.1 Å². The van der Waals surface area contributed by atoms with Gasteiger partial charge in [-0.15, -0.1) is 0 Å². The first-order chi connectivity index (χ1) is 14.3. The summed E-state index contributed by atoms with van der Waals surface area (Å²) in [4.78, 5) is 10.2. The molecule has 2 aromatic carbocycles. The average molecular weight is 468 g/mol. The van der Waals surface area contributed by atoms with E-state index in [4.69, 9.17) is 0 Å². The third-order valence-corrected chi connectivity index (χ3v) is 9.09. The molecule has 0 saturated carbocycles. The Kier molecular flexibility index (Phi) is 6.25. The van der Waals surface area contributed by atoms with Crippen molar-refractivity contribution in [3.63, 3.8) is 0 Å². The van der Waals surface area contributed by atoms with Crippen molar-refractivity contribution in [2.24, 2.45) is 0 Å². The van der Waals surface area contributed by atoms with Crippen LogP contribution in [0.3, 0.4) is 0 Å². The van der Waals surface area contributed by atoms with E-state index < -0.39 is 35.6 Å². The molecule has 168 valence electrons. The zero-order chi connectivity index (χ0) is 23.0. The summed E-state index contributed by atoms with van der Waals surface area (Å²) in [5.74, 6) is 0. The summed E-state index contributed by atoms with van der Waals surface area (Å²) in [6.07, 6.45) is 0. The number of nitro groups is 1. The van der Waals surface area contributed by atoms with Crippen LogP contribution in [0.1, 0.15) is 26.3 Å². The van der Waals surface area contributed by atoms with Gasteiger partial charge >= 0.3 is 0 Å². The molecular formula is C20H25N3O6S2. The Bertz CT molecular complexity index is 1180. The number of sulfonamides is 2. The van der Waals surface area contributed by atoms with Crippen molar-refractivity contribution in [2.45, 2.75) is 36.0 Å². The van der Waals surface area contributed by atoms with Gasteiger partial charge in [-0.3, -0.25) is 10.1 Å². The molecule has 1 aliphatic heterocycles. The quantitative estimate of drug-likeness (QED) is 0.493. The molecule has 3 rings (SSSR count). The van der Waals surface area contributed by atoms with Gasteiger partial charge in [-0.2, -0.15) is 8.61 Å². The highest BCUT2D eigenvalue weighted by Gasteiger charge is 2.36. The first kappa shape index (κ1) is 23.3. The van der Waals surface area contributed by atoms with Crippen LogP contribution in [0.4, 0.5) is 5.69 Å². The van der Waals surface area contributed by atoms with E-state index in [-0.39, 0.29) is 36.5 Å². The Balaban J connectivity index is 1.78. The molecule has 2 aromatic rings. The molecule has 31 heavy (non-hydrogen) atoms. The first-order valence-electron chi connectivity index (χ1n) is 9.69. The highest BCUT2D eigenvalue weighted by molar-refractivity contribution is 7.89. The van der Waals surface area contributed by atoms with E-state index in [1.165, 1.54) is 22.5 Å². The van der Waals surface area contributed by atoms with E-state index in [0.29, 0.717) is 0 Å². The van der Waals surface area contributed by atoms with Gasteiger partial charge in [0.25, 0.3) is 5.69 Å². The predicted molar refractivity (Wildman–Crippen MR) is 116 cm³/mol. The molecule has 0 amide bonds. The van der Waals surface area contributed by atoms with Crippen molar-refractivity contribution in [3.8, 4) is 0 Å². The number of para-hydroxylation sites is 1. The summed E-state index contributed by atoms with van der Waals surface area (Å²) < 4.78 is 54.1. The molecule has 11 heteroatoms. The lowest BCUT2D eigenvalue weighted by atomic mass is 9.87. The maximum atomic E-state index is 13.0. The molecule has 1 saturated heterocycles. The van der Waals surface area contributed by atoms with Crippen molar-refractivity contribution in [1.82, 2.24) is 8.61 Å². The van der Waals surface area contributed by atoms with E-state index in [9.17, 15) is 26.9 Å². The monoisotopic (exact) mass is 467 g/mol. The maximum absolute atomic E-state index is 13.0. The third-order valence-electron chi connectivity index (χ3n) is 5.24. The zero-order valence-electron chi connectivity index (χ0n) is 17.6. The molecule has 0 atom stereocenters. The van der Waals surface area contributed by atoms with Crippen LogP contribution in [0.15, 0.2) is 58.3 Å². The van der Waals surface area contributed by atoms with Gasteiger partial charge in [-0.05, 0) is 29.2 Å². The molecule has 0 bridgehead atoms. The molecule has 0 radical (unpaired) electrons. The number of rotatable bonds is 5. The summed E-state index contributed by atoms with van der Waals surface area (Å²) >= 11 is 0. The average Bonchev–Trinajstić information content (AvgIpc) is 2.73. The zero-order valence-corrected chi connectivity index (χ0v) is 19.2. The molecule has 9 nitrogen and oxygen atoms in total. The van der Waals surface area contributed by atoms with Crippen LogP contribution >= 0.6 is 0 Å². The minimum atomic E-state index is -4.12. The summed E-state index contributed by atoms with van der Waals surface area (Å²) in [6, 6.07) is 11.8. The van der Waals surface area contributed by atoms with Gasteiger partial charge in [0.1, 0.15) is 0 Å². The summed E-state index contributed by atoms with van der Waals surface area (Å²) in [7, 11) is -7.90. The Morgan fingerprint density at radius 1 is 0.806 bits per heavy atom. The lowest BCUT2D eigenvalue weighted by Gasteiger charge is -2.33. The Morgan fingerprint density at radius 3 is 1.77 bits per heavy atom. The van der Waals surface area contributed by atoms with Crippen LogP contribution < -0.4 is 0 Å². The van der Waals surface area contributed by atoms with E-state index >= 15 is 0 Å². The largest absolute Gasteiger partial charge is 0.289 e. The van der Waals surface area contributed by atoms with Crippen molar-refractivity contribution in [1.29, 1.82) is 0 Å². The Hall–Kier alpha value is -2.34. The topological polar surface area (TPSA) is 118 Å². The number of nitro benzene ring substituents is 1. The first-order valence-corrected chi connectivity index (χ1v) is 12.6. The molecule has 1 fully saturated rings. The summed E-state index contributed by atoms with van der Waals surface area (Å²) in [6.45, 7) is 5.85. The van der Waals surface area contributed by atoms with Crippen LogP contribution in [0.25, 0.3) is 0 Å². The lowest BCUT2D eigenvalue weighted by molar-refractivity contribution is -0.387. The molecule has 0 N–H and O–H groups in total. The van der Waals surface area contributed by atoms with Crippen molar-refractivity contribution >= 4 is 25.7 Å². The van der Waals surface area contributed by atoms with Crippen LogP contribution in [-0.2, 0) is 25.5 Å². The van der Waals surface area contributed by atoms with Gasteiger partial charge in [-0.1, -0.05) is 45.0 Å². The minimum Gasteiger partial charge on any atom is -0.258 e. The second-order valence-corrected chi connectivity index (χ2v) is 12.2. The maximum Gasteiger partial charge on any atom is 0.289 e. The molecule has 0 unspecified atom stereocenters. The highest BCUT2D eigenvalue weighted by atomic mass is 32.2. The van der Waals surface area contributed by atoms with E-state index in [1.807, 2.05) is 20.8 Å². The molecule has 0 aliphatic carbocycles. The van der Waals surface area contributed by atoms with Gasteiger partial charge in [0.15, 0.2) is 4.90 Å². The van der Waals surface area contributed by atoms with E-state index in [2.05, 4.69) is 0 Å². The molecule has 0 spiro atoms. The van der Waals surface area contributed by atoms with Gasteiger partial charge in [0, 0.05) is 32.2 Å². The molecule has 1 aliphatic rings. The SMILES string of the molecule is CC(C)(C)c1ccc(S(=O)(=O)N2CCN(S(=O)(=O)c3ccccc3[N+](=O)[O-])CC2)cc1. The van der Waals surface area contributed by atoms with Crippen LogP contribution in [0.2, 0.25) is 0 Å². The Morgan fingerprint density at radius 2 is 1.29 bits per heavy atom. The number of hydrogen-bond acceptors (Lipinski definition) is 6. The molecule has 1 heterocycles. The smallest absolute Gasteiger partial charge is 0.258 e.